The van der Waals surface area contributed by atoms with Crippen LogP contribution in [0.1, 0.15) is 42.1 Å². The molecule has 1 rings (SSSR count). The number of aliphatic hydroxyl groups is 1. The van der Waals surface area contributed by atoms with Crippen molar-refractivity contribution in [1.82, 2.24) is 5.32 Å². The molecule has 19 heavy (non-hydrogen) atoms. The Kier molecular flexibility index (Phi) is 6.36. The van der Waals surface area contributed by atoms with E-state index in [-0.39, 0.29) is 12.5 Å². The Bertz CT molecular complexity index is 413. The molecule has 4 nitrogen and oxygen atoms in total. The van der Waals surface area contributed by atoms with E-state index < -0.39 is 0 Å². The molecule has 0 saturated carbocycles. The summed E-state index contributed by atoms with van der Waals surface area (Å²) in [5.41, 5.74) is 7.97. The average Bonchev–Trinajstić information content (AvgIpc) is 2.39. The second-order valence-electron chi connectivity index (χ2n) is 4.95. The van der Waals surface area contributed by atoms with Gasteiger partial charge in [0.1, 0.15) is 0 Å². The van der Waals surface area contributed by atoms with E-state index in [1.807, 2.05) is 6.92 Å². The number of hydrogen-bond donors (Lipinski definition) is 3. The van der Waals surface area contributed by atoms with E-state index in [4.69, 9.17) is 10.8 Å². The van der Waals surface area contributed by atoms with Crippen molar-refractivity contribution in [3.63, 3.8) is 0 Å². The lowest BCUT2D eigenvalue weighted by Crippen LogP contribution is -2.29. The number of aryl methyl sites for hydroxylation is 1. The summed E-state index contributed by atoms with van der Waals surface area (Å²) in [6, 6.07) is 5.28. The highest BCUT2D eigenvalue weighted by atomic mass is 16.3. The van der Waals surface area contributed by atoms with Gasteiger partial charge >= 0.3 is 0 Å². The van der Waals surface area contributed by atoms with Crippen molar-refractivity contribution in [2.75, 3.05) is 18.9 Å². The first kappa shape index (κ1) is 15.5. The maximum Gasteiger partial charge on any atom is 0.251 e. The van der Waals surface area contributed by atoms with Crippen LogP contribution in [0, 0.1) is 12.8 Å². The molecular weight excluding hydrogens is 240 g/mol. The molecule has 0 aliphatic rings. The third kappa shape index (κ3) is 4.91. The van der Waals surface area contributed by atoms with Crippen molar-refractivity contribution in [3.8, 4) is 0 Å². The number of anilines is 1. The largest absolute Gasteiger partial charge is 0.399 e. The minimum absolute atomic E-state index is 0.0813. The Morgan fingerprint density at radius 1 is 1.42 bits per heavy atom. The van der Waals surface area contributed by atoms with Gasteiger partial charge in [0, 0.05) is 24.4 Å². The monoisotopic (exact) mass is 264 g/mol. The van der Waals surface area contributed by atoms with Crippen LogP contribution >= 0.6 is 0 Å². The van der Waals surface area contributed by atoms with Gasteiger partial charge in [-0.25, -0.2) is 0 Å². The summed E-state index contributed by atoms with van der Waals surface area (Å²) in [4.78, 5) is 12.0. The summed E-state index contributed by atoms with van der Waals surface area (Å²) in [5.74, 6) is 0.260. The molecule has 0 spiro atoms. The van der Waals surface area contributed by atoms with Crippen LogP contribution in [0.3, 0.4) is 0 Å². The predicted molar refractivity (Wildman–Crippen MR) is 78.0 cm³/mol. The lowest BCUT2D eigenvalue weighted by atomic mass is 10.00. The number of hydrogen-bond acceptors (Lipinski definition) is 3. The minimum Gasteiger partial charge on any atom is -0.399 e. The van der Waals surface area contributed by atoms with Crippen LogP contribution in [0.5, 0.6) is 0 Å². The lowest BCUT2D eigenvalue weighted by Gasteiger charge is -2.15. The Balaban J connectivity index is 2.56. The SMILES string of the molecule is CCCC(CCO)CNC(=O)c1ccc(N)c(C)c1. The maximum absolute atomic E-state index is 12.0. The molecule has 1 atom stereocenters. The van der Waals surface area contributed by atoms with Crippen molar-refractivity contribution >= 4 is 11.6 Å². The van der Waals surface area contributed by atoms with E-state index in [0.717, 1.165) is 24.8 Å². The third-order valence-electron chi connectivity index (χ3n) is 3.32. The first-order valence-electron chi connectivity index (χ1n) is 6.83. The van der Waals surface area contributed by atoms with Gasteiger partial charge < -0.3 is 16.2 Å². The first-order valence-corrected chi connectivity index (χ1v) is 6.83. The van der Waals surface area contributed by atoms with Crippen LogP contribution in [-0.4, -0.2) is 24.2 Å². The number of benzene rings is 1. The zero-order valence-corrected chi connectivity index (χ0v) is 11.8. The van der Waals surface area contributed by atoms with Crippen LogP contribution in [0.15, 0.2) is 18.2 Å². The number of aliphatic hydroxyl groups excluding tert-OH is 1. The molecule has 4 N–H and O–H groups in total. The molecule has 4 heteroatoms. The molecule has 0 aliphatic heterocycles. The molecule has 0 aliphatic carbocycles. The van der Waals surface area contributed by atoms with Gasteiger partial charge in [-0.05, 0) is 49.4 Å². The Morgan fingerprint density at radius 2 is 2.16 bits per heavy atom. The molecule has 1 aromatic carbocycles. The average molecular weight is 264 g/mol. The van der Waals surface area contributed by atoms with Gasteiger partial charge in [-0.2, -0.15) is 0 Å². The number of nitrogens with two attached hydrogens (primary N) is 1. The number of carbonyl (C=O) groups is 1. The summed E-state index contributed by atoms with van der Waals surface area (Å²) >= 11 is 0. The highest BCUT2D eigenvalue weighted by molar-refractivity contribution is 5.94. The zero-order valence-electron chi connectivity index (χ0n) is 11.8. The lowest BCUT2D eigenvalue weighted by molar-refractivity contribution is 0.0943. The Hall–Kier alpha value is -1.55. The number of nitrogens with one attached hydrogen (secondary N) is 1. The van der Waals surface area contributed by atoms with E-state index in [0.29, 0.717) is 23.7 Å². The molecule has 0 saturated heterocycles. The molecule has 0 heterocycles. The van der Waals surface area contributed by atoms with Crippen molar-refractivity contribution < 1.29 is 9.90 Å². The first-order chi connectivity index (χ1) is 9.08. The van der Waals surface area contributed by atoms with Crippen LogP contribution in [-0.2, 0) is 0 Å². The number of amides is 1. The van der Waals surface area contributed by atoms with E-state index in [1.54, 1.807) is 18.2 Å². The van der Waals surface area contributed by atoms with Crippen molar-refractivity contribution in [3.05, 3.63) is 29.3 Å². The van der Waals surface area contributed by atoms with E-state index >= 15 is 0 Å². The van der Waals surface area contributed by atoms with Gasteiger partial charge in [-0.1, -0.05) is 13.3 Å². The molecule has 0 bridgehead atoms. The van der Waals surface area contributed by atoms with Crippen LogP contribution in [0.2, 0.25) is 0 Å². The van der Waals surface area contributed by atoms with Gasteiger partial charge in [-0.15, -0.1) is 0 Å². The van der Waals surface area contributed by atoms with E-state index in [9.17, 15) is 4.79 Å². The number of carbonyl (C=O) groups excluding carboxylic acids is 1. The third-order valence-corrected chi connectivity index (χ3v) is 3.32. The van der Waals surface area contributed by atoms with Crippen molar-refractivity contribution in [2.24, 2.45) is 5.92 Å². The van der Waals surface area contributed by atoms with E-state index in [1.165, 1.54) is 0 Å². The maximum atomic E-state index is 12.0. The van der Waals surface area contributed by atoms with Gasteiger partial charge in [-0.3, -0.25) is 4.79 Å². The topological polar surface area (TPSA) is 75.3 Å². The minimum atomic E-state index is -0.0813. The second kappa shape index (κ2) is 7.79. The summed E-state index contributed by atoms with van der Waals surface area (Å²) in [7, 11) is 0. The zero-order chi connectivity index (χ0) is 14.3. The highest BCUT2D eigenvalue weighted by Crippen LogP contribution is 2.13. The molecule has 1 aromatic rings. The summed E-state index contributed by atoms with van der Waals surface area (Å²) in [6.07, 6.45) is 2.80. The fourth-order valence-electron chi connectivity index (χ4n) is 2.10. The van der Waals surface area contributed by atoms with Crippen LogP contribution in [0.25, 0.3) is 0 Å². The quantitative estimate of drug-likeness (QED) is 0.660. The Labute approximate surface area is 115 Å². The van der Waals surface area contributed by atoms with Crippen molar-refractivity contribution in [1.29, 1.82) is 0 Å². The standard InChI is InChI=1S/C15H24N2O2/c1-3-4-12(7-8-18)10-17-15(19)13-5-6-14(16)11(2)9-13/h5-6,9,12,18H,3-4,7-8,10,16H2,1-2H3,(H,17,19). The van der Waals surface area contributed by atoms with Gasteiger partial charge in [0.25, 0.3) is 5.91 Å². The van der Waals surface area contributed by atoms with Crippen LogP contribution < -0.4 is 11.1 Å². The molecule has 0 fully saturated rings. The summed E-state index contributed by atoms with van der Waals surface area (Å²) in [5, 5.41) is 11.9. The molecule has 0 radical (unpaired) electrons. The number of nitrogen functional groups attached to an aromatic ring is 1. The second-order valence-corrected chi connectivity index (χ2v) is 4.95. The molecule has 1 amide bonds. The van der Waals surface area contributed by atoms with Crippen molar-refractivity contribution in [2.45, 2.75) is 33.1 Å². The fraction of sp³-hybridized carbons (Fsp3) is 0.533. The number of rotatable bonds is 7. The molecular formula is C15H24N2O2. The van der Waals surface area contributed by atoms with E-state index in [2.05, 4.69) is 12.2 Å². The van der Waals surface area contributed by atoms with Gasteiger partial charge in [0.2, 0.25) is 0 Å². The van der Waals surface area contributed by atoms with Gasteiger partial charge in [0.05, 0.1) is 0 Å². The highest BCUT2D eigenvalue weighted by Gasteiger charge is 2.11. The fourth-order valence-corrected chi connectivity index (χ4v) is 2.10. The smallest absolute Gasteiger partial charge is 0.251 e. The molecule has 106 valence electrons. The van der Waals surface area contributed by atoms with Crippen LogP contribution in [0.4, 0.5) is 5.69 Å². The summed E-state index contributed by atoms with van der Waals surface area (Å²) < 4.78 is 0. The molecule has 1 unspecified atom stereocenters. The summed E-state index contributed by atoms with van der Waals surface area (Å²) in [6.45, 7) is 4.77. The predicted octanol–water partition coefficient (Wildman–Crippen LogP) is 2.11. The normalized spacial score (nSPS) is 12.2. The molecule has 0 aromatic heterocycles. The Morgan fingerprint density at radius 3 is 2.74 bits per heavy atom. The van der Waals surface area contributed by atoms with Gasteiger partial charge in [0.15, 0.2) is 0 Å².